The van der Waals surface area contributed by atoms with Crippen LogP contribution in [-0.2, 0) is 6.42 Å². The Morgan fingerprint density at radius 3 is 3.04 bits per heavy atom. The van der Waals surface area contributed by atoms with E-state index in [1.807, 2.05) is 49.9 Å². The van der Waals surface area contributed by atoms with Gasteiger partial charge in [-0.2, -0.15) is 5.26 Å². The van der Waals surface area contributed by atoms with Crippen LogP contribution in [0.15, 0.2) is 38.4 Å². The minimum atomic E-state index is -0.278. The lowest BCUT2D eigenvalue weighted by Gasteiger charge is -2.14. The van der Waals surface area contributed by atoms with E-state index in [9.17, 15) is 10.1 Å². The van der Waals surface area contributed by atoms with Crippen LogP contribution in [-0.4, -0.2) is 20.6 Å². The van der Waals surface area contributed by atoms with Gasteiger partial charge in [0.2, 0.25) is 0 Å². The Hall–Kier alpha value is -1.75. The number of benzene rings is 1. The number of rotatable bonds is 3. The average molecular weight is 400 g/mol. The molecule has 3 aromatic rings. The molecule has 132 valence electrons. The summed E-state index contributed by atoms with van der Waals surface area (Å²) < 4.78 is 2.90. The Morgan fingerprint density at radius 1 is 1.42 bits per heavy atom. The van der Waals surface area contributed by atoms with E-state index in [1.54, 1.807) is 15.9 Å². The molecule has 0 saturated carbocycles. The molecule has 0 N–H and O–H groups in total. The number of aromatic nitrogens is 2. The normalized spacial score (nSPS) is 14.8. The number of aryl methyl sites for hydroxylation is 2. The van der Waals surface area contributed by atoms with E-state index in [0.717, 1.165) is 45.6 Å². The lowest BCUT2D eigenvalue weighted by Crippen LogP contribution is -2.22. The van der Waals surface area contributed by atoms with Crippen LogP contribution in [0.5, 0.6) is 0 Å². The molecule has 0 spiro atoms. The first kappa shape index (κ1) is 17.7. The molecule has 3 heterocycles. The molecule has 4 nitrogen and oxygen atoms in total. The zero-order valence-electron chi connectivity index (χ0n) is 14.5. The molecule has 1 aliphatic rings. The maximum Gasteiger partial charge on any atom is 0.267 e. The number of thiophene rings is 1. The van der Waals surface area contributed by atoms with E-state index in [1.165, 1.54) is 16.0 Å². The molecule has 0 radical (unpaired) electrons. The number of hydrogen-bond donors (Lipinski definition) is 0. The Labute approximate surface area is 164 Å². The van der Waals surface area contributed by atoms with Gasteiger partial charge in [-0.3, -0.25) is 9.36 Å². The number of hydrogen-bond acceptors (Lipinski definition) is 6. The Kier molecular flexibility index (Phi) is 4.82. The van der Waals surface area contributed by atoms with Gasteiger partial charge in [-0.05, 0) is 55.7 Å². The first-order chi connectivity index (χ1) is 12.6. The molecule has 2 aromatic heterocycles. The van der Waals surface area contributed by atoms with E-state index in [4.69, 9.17) is 4.98 Å². The zero-order chi connectivity index (χ0) is 18.3. The lowest BCUT2D eigenvalue weighted by atomic mass is 10.1. The van der Waals surface area contributed by atoms with Crippen LogP contribution in [0.3, 0.4) is 0 Å². The third-order valence-electron chi connectivity index (χ3n) is 4.28. The summed E-state index contributed by atoms with van der Waals surface area (Å²) >= 11 is 4.77. The number of fused-ring (bicyclic) bond motifs is 3. The third kappa shape index (κ3) is 3.07. The van der Waals surface area contributed by atoms with E-state index in [2.05, 4.69) is 6.07 Å². The summed E-state index contributed by atoms with van der Waals surface area (Å²) in [6.07, 6.45) is 2.03. The quantitative estimate of drug-likeness (QED) is 0.468. The highest BCUT2D eigenvalue weighted by Crippen LogP contribution is 2.41. The fourth-order valence-electron chi connectivity index (χ4n) is 3.08. The maximum absolute atomic E-state index is 13.5. The van der Waals surface area contributed by atoms with E-state index >= 15 is 0 Å². The minimum absolute atomic E-state index is 0.0201. The van der Waals surface area contributed by atoms with E-state index in [-0.39, 0.29) is 10.8 Å². The summed E-state index contributed by atoms with van der Waals surface area (Å²) in [6, 6.07) is 10.1. The van der Waals surface area contributed by atoms with E-state index < -0.39 is 0 Å². The largest absolute Gasteiger partial charge is 0.268 e. The first-order valence-electron chi connectivity index (χ1n) is 8.43. The molecule has 0 amide bonds. The van der Waals surface area contributed by atoms with Crippen molar-refractivity contribution in [2.75, 3.05) is 5.75 Å². The lowest BCUT2D eigenvalue weighted by molar-refractivity contribution is 0.816. The molecule has 0 unspecified atom stereocenters. The van der Waals surface area contributed by atoms with Gasteiger partial charge in [0.15, 0.2) is 5.16 Å². The van der Waals surface area contributed by atoms with Crippen molar-refractivity contribution in [2.24, 2.45) is 0 Å². The molecule has 0 saturated heterocycles. The SMILES string of the molecule is Cc1cccc(-n2c(S[C@@H](C)C#N)nc3sc4c(c3c2=O)CCCS4)c1. The number of nitrogens with zero attached hydrogens (tertiary/aromatic N) is 3. The second kappa shape index (κ2) is 7.10. The van der Waals surface area contributed by atoms with Crippen molar-refractivity contribution in [3.05, 3.63) is 45.7 Å². The summed E-state index contributed by atoms with van der Waals surface area (Å²) in [5, 5.41) is 10.3. The Balaban J connectivity index is 2.03. The van der Waals surface area contributed by atoms with Crippen LogP contribution in [0, 0.1) is 18.3 Å². The topological polar surface area (TPSA) is 58.7 Å². The molecule has 4 rings (SSSR count). The highest BCUT2D eigenvalue weighted by atomic mass is 32.2. The summed E-state index contributed by atoms with van der Waals surface area (Å²) in [5.41, 5.74) is 3.03. The molecular weight excluding hydrogens is 382 g/mol. The van der Waals surface area contributed by atoms with Gasteiger partial charge in [0.25, 0.3) is 5.56 Å². The third-order valence-corrected chi connectivity index (χ3v) is 7.75. The molecule has 1 aliphatic heterocycles. The fourth-order valence-corrected chi connectivity index (χ4v) is 6.47. The van der Waals surface area contributed by atoms with Gasteiger partial charge >= 0.3 is 0 Å². The van der Waals surface area contributed by atoms with Crippen molar-refractivity contribution in [3.63, 3.8) is 0 Å². The summed E-state index contributed by atoms with van der Waals surface area (Å²) in [7, 11) is 0. The first-order valence-corrected chi connectivity index (χ1v) is 11.1. The molecule has 7 heteroatoms. The molecule has 1 aromatic carbocycles. The predicted octanol–water partition coefficient (Wildman–Crippen LogP) is 4.80. The number of thioether (sulfide) groups is 2. The van der Waals surface area contributed by atoms with Crippen LogP contribution in [0.25, 0.3) is 15.9 Å². The van der Waals surface area contributed by atoms with E-state index in [0.29, 0.717) is 5.16 Å². The van der Waals surface area contributed by atoms with Gasteiger partial charge in [0, 0.05) is 0 Å². The highest BCUT2D eigenvalue weighted by molar-refractivity contribution is 8.01. The van der Waals surface area contributed by atoms with Crippen molar-refractivity contribution >= 4 is 45.1 Å². The minimum Gasteiger partial charge on any atom is -0.268 e. The molecule has 0 aliphatic carbocycles. The van der Waals surface area contributed by atoms with Gasteiger partial charge in [-0.25, -0.2) is 4.98 Å². The van der Waals surface area contributed by atoms with Crippen molar-refractivity contribution in [1.82, 2.24) is 9.55 Å². The fraction of sp³-hybridized carbons (Fsp3) is 0.316. The van der Waals surface area contributed by atoms with Crippen molar-refractivity contribution < 1.29 is 0 Å². The van der Waals surface area contributed by atoms with Gasteiger partial charge < -0.3 is 0 Å². The maximum atomic E-state index is 13.5. The summed E-state index contributed by atoms with van der Waals surface area (Å²) in [4.78, 5) is 19.1. The smallest absolute Gasteiger partial charge is 0.267 e. The molecular formula is C19H17N3OS3. The van der Waals surface area contributed by atoms with Crippen molar-refractivity contribution in [3.8, 4) is 11.8 Å². The summed E-state index contributed by atoms with van der Waals surface area (Å²) in [6.45, 7) is 3.84. The molecule has 0 fully saturated rings. The van der Waals surface area contributed by atoms with Gasteiger partial charge in [-0.1, -0.05) is 23.9 Å². The molecule has 26 heavy (non-hydrogen) atoms. The second-order valence-electron chi connectivity index (χ2n) is 6.26. The predicted molar refractivity (Wildman–Crippen MR) is 110 cm³/mol. The van der Waals surface area contributed by atoms with Gasteiger partial charge in [0.05, 0.1) is 26.6 Å². The zero-order valence-corrected chi connectivity index (χ0v) is 16.9. The standard InChI is InChI=1S/C19H17N3OS3/c1-11-5-3-6-13(9-11)22-17(23)15-14-7-4-8-24-18(14)26-16(15)21-19(22)25-12(2)10-20/h3,5-6,9,12H,4,7-8H2,1-2H3/t12-/m0/s1. The second-order valence-corrected chi connectivity index (χ2v) is 9.93. The van der Waals surface area contributed by atoms with Crippen LogP contribution >= 0.6 is 34.9 Å². The van der Waals surface area contributed by atoms with Gasteiger partial charge in [-0.15, -0.1) is 23.1 Å². The van der Waals surface area contributed by atoms with Crippen molar-refractivity contribution in [1.29, 1.82) is 5.26 Å². The Bertz CT molecular complexity index is 1090. The molecule has 0 bridgehead atoms. The Morgan fingerprint density at radius 2 is 2.27 bits per heavy atom. The van der Waals surface area contributed by atoms with Crippen molar-refractivity contribution in [2.45, 2.75) is 41.3 Å². The van der Waals surface area contributed by atoms with Crippen LogP contribution in [0.1, 0.15) is 24.5 Å². The van der Waals surface area contributed by atoms with Gasteiger partial charge in [0.1, 0.15) is 4.83 Å². The van der Waals surface area contributed by atoms with Crippen LogP contribution in [0.4, 0.5) is 0 Å². The average Bonchev–Trinajstić information content (AvgIpc) is 3.00. The highest BCUT2D eigenvalue weighted by Gasteiger charge is 2.24. The monoisotopic (exact) mass is 399 g/mol. The summed E-state index contributed by atoms with van der Waals surface area (Å²) in [5.74, 6) is 1.10. The van der Waals surface area contributed by atoms with Crippen LogP contribution < -0.4 is 5.56 Å². The molecule has 1 atom stereocenters. The van der Waals surface area contributed by atoms with Crippen LogP contribution in [0.2, 0.25) is 0 Å². The number of nitriles is 1.